The van der Waals surface area contributed by atoms with Crippen molar-refractivity contribution < 1.29 is 8.78 Å². The molecule has 2 nitrogen and oxygen atoms in total. The highest BCUT2D eigenvalue weighted by molar-refractivity contribution is 7.09. The number of halogens is 2. The number of rotatable bonds is 3. The first-order valence-electron chi connectivity index (χ1n) is 3.94. The summed E-state index contributed by atoms with van der Waals surface area (Å²) in [6, 6.07) is -1.14. The van der Waals surface area contributed by atoms with Gasteiger partial charge in [-0.25, -0.2) is 13.8 Å². The standard InChI is InChI=1S/C8H12F2N2S/c1-5-12-6(4-13-5)3-7(11)8(2,9)10/h4,7H,3,11H2,1-2H3. The van der Waals surface area contributed by atoms with Gasteiger partial charge in [-0.15, -0.1) is 11.3 Å². The lowest BCUT2D eigenvalue weighted by Gasteiger charge is -2.17. The van der Waals surface area contributed by atoms with Crippen LogP contribution in [0.3, 0.4) is 0 Å². The molecule has 1 aromatic rings. The maximum atomic E-state index is 12.7. The Labute approximate surface area is 79.8 Å². The fraction of sp³-hybridized carbons (Fsp3) is 0.625. The molecule has 0 aliphatic carbocycles. The number of nitrogens with zero attached hydrogens (tertiary/aromatic N) is 1. The Morgan fingerprint density at radius 1 is 1.69 bits per heavy atom. The fourth-order valence-corrected chi connectivity index (χ4v) is 1.53. The summed E-state index contributed by atoms with van der Waals surface area (Å²) < 4.78 is 25.3. The average Bonchev–Trinajstić information content (AvgIpc) is 2.33. The summed E-state index contributed by atoms with van der Waals surface area (Å²) in [7, 11) is 0. The van der Waals surface area contributed by atoms with E-state index in [-0.39, 0.29) is 6.42 Å². The molecule has 2 N–H and O–H groups in total. The van der Waals surface area contributed by atoms with Crippen LogP contribution in [0, 0.1) is 6.92 Å². The summed E-state index contributed by atoms with van der Waals surface area (Å²) in [5.74, 6) is -2.84. The third-order valence-electron chi connectivity index (χ3n) is 1.75. The van der Waals surface area contributed by atoms with Crippen molar-refractivity contribution in [2.75, 3.05) is 0 Å². The number of nitrogens with two attached hydrogens (primary N) is 1. The van der Waals surface area contributed by atoms with E-state index >= 15 is 0 Å². The minimum Gasteiger partial charge on any atom is -0.322 e. The summed E-state index contributed by atoms with van der Waals surface area (Å²) >= 11 is 1.45. The van der Waals surface area contributed by atoms with E-state index in [2.05, 4.69) is 4.98 Å². The molecule has 1 atom stereocenters. The zero-order valence-electron chi connectivity index (χ0n) is 7.55. The average molecular weight is 206 g/mol. The summed E-state index contributed by atoms with van der Waals surface area (Å²) in [6.07, 6.45) is 0.133. The number of aromatic nitrogens is 1. The predicted octanol–water partition coefficient (Wildman–Crippen LogP) is 1.98. The van der Waals surface area contributed by atoms with Gasteiger partial charge in [0.1, 0.15) is 0 Å². The zero-order valence-corrected chi connectivity index (χ0v) is 8.37. The van der Waals surface area contributed by atoms with Gasteiger partial charge >= 0.3 is 0 Å². The van der Waals surface area contributed by atoms with Crippen molar-refractivity contribution >= 4 is 11.3 Å². The van der Waals surface area contributed by atoms with Crippen LogP contribution in [-0.4, -0.2) is 16.9 Å². The highest BCUT2D eigenvalue weighted by atomic mass is 32.1. The SMILES string of the molecule is Cc1nc(CC(N)C(C)(F)F)cs1. The van der Waals surface area contributed by atoms with Crippen molar-refractivity contribution in [1.82, 2.24) is 4.98 Å². The Hall–Kier alpha value is -0.550. The molecule has 0 aliphatic heterocycles. The molecule has 1 rings (SSSR count). The van der Waals surface area contributed by atoms with Crippen LogP contribution in [0.1, 0.15) is 17.6 Å². The van der Waals surface area contributed by atoms with Gasteiger partial charge in [-0.05, 0) is 6.92 Å². The number of hydrogen-bond acceptors (Lipinski definition) is 3. The molecule has 0 spiro atoms. The molecule has 1 heterocycles. The summed E-state index contributed by atoms with van der Waals surface area (Å²) in [6.45, 7) is 2.67. The lowest BCUT2D eigenvalue weighted by Crippen LogP contribution is -2.40. The zero-order chi connectivity index (χ0) is 10.1. The van der Waals surface area contributed by atoms with Crippen molar-refractivity contribution in [1.29, 1.82) is 0 Å². The highest BCUT2D eigenvalue weighted by Crippen LogP contribution is 2.19. The normalized spacial score (nSPS) is 14.5. The van der Waals surface area contributed by atoms with Crippen molar-refractivity contribution in [2.45, 2.75) is 32.2 Å². The van der Waals surface area contributed by atoms with Crippen LogP contribution in [0.25, 0.3) is 0 Å². The smallest absolute Gasteiger partial charge is 0.260 e. The van der Waals surface area contributed by atoms with Gasteiger partial charge in [-0.2, -0.15) is 0 Å². The second-order valence-corrected chi connectivity index (χ2v) is 4.19. The third kappa shape index (κ3) is 3.00. The van der Waals surface area contributed by atoms with E-state index < -0.39 is 12.0 Å². The third-order valence-corrected chi connectivity index (χ3v) is 2.57. The van der Waals surface area contributed by atoms with E-state index in [0.29, 0.717) is 5.69 Å². The van der Waals surface area contributed by atoms with Gasteiger partial charge < -0.3 is 5.73 Å². The van der Waals surface area contributed by atoms with Gasteiger partial charge in [-0.3, -0.25) is 0 Å². The largest absolute Gasteiger partial charge is 0.322 e. The minimum atomic E-state index is -2.84. The van der Waals surface area contributed by atoms with Crippen LogP contribution < -0.4 is 5.73 Å². The molecule has 5 heteroatoms. The topological polar surface area (TPSA) is 38.9 Å². The molecule has 0 radical (unpaired) electrons. The number of hydrogen-bond donors (Lipinski definition) is 1. The molecule has 0 aliphatic rings. The molecule has 0 amide bonds. The van der Waals surface area contributed by atoms with Gasteiger partial charge in [0, 0.05) is 18.7 Å². The van der Waals surface area contributed by atoms with Gasteiger partial charge in [0.15, 0.2) is 0 Å². The Balaban J connectivity index is 2.60. The second kappa shape index (κ2) is 3.67. The van der Waals surface area contributed by atoms with Gasteiger partial charge in [0.25, 0.3) is 5.92 Å². The van der Waals surface area contributed by atoms with Crippen LogP contribution in [0.2, 0.25) is 0 Å². The molecule has 1 unspecified atom stereocenters. The maximum Gasteiger partial charge on any atom is 0.260 e. The van der Waals surface area contributed by atoms with E-state index in [1.54, 1.807) is 5.38 Å². The van der Waals surface area contributed by atoms with Crippen LogP contribution >= 0.6 is 11.3 Å². The predicted molar refractivity (Wildman–Crippen MR) is 49.2 cm³/mol. The minimum absolute atomic E-state index is 0.133. The molecule has 0 aromatic carbocycles. The van der Waals surface area contributed by atoms with E-state index in [4.69, 9.17) is 5.73 Å². The number of alkyl halides is 2. The Morgan fingerprint density at radius 2 is 2.31 bits per heavy atom. The monoisotopic (exact) mass is 206 g/mol. The molecule has 0 fully saturated rings. The summed E-state index contributed by atoms with van der Waals surface area (Å²) in [5, 5.41) is 2.64. The van der Waals surface area contributed by atoms with E-state index in [1.807, 2.05) is 6.92 Å². The lowest BCUT2D eigenvalue weighted by molar-refractivity contribution is -0.00538. The number of thiazole rings is 1. The van der Waals surface area contributed by atoms with Crippen molar-refractivity contribution in [2.24, 2.45) is 5.73 Å². The van der Waals surface area contributed by atoms with Crippen molar-refractivity contribution in [3.05, 3.63) is 16.1 Å². The van der Waals surface area contributed by atoms with Crippen molar-refractivity contribution in [3.63, 3.8) is 0 Å². The lowest BCUT2D eigenvalue weighted by atomic mass is 10.1. The molecule has 13 heavy (non-hydrogen) atoms. The molecule has 0 saturated heterocycles. The quantitative estimate of drug-likeness (QED) is 0.821. The van der Waals surface area contributed by atoms with Gasteiger partial charge in [-0.1, -0.05) is 0 Å². The molecule has 0 saturated carbocycles. The fourth-order valence-electron chi connectivity index (χ4n) is 0.907. The number of aryl methyl sites for hydroxylation is 1. The van der Waals surface area contributed by atoms with Gasteiger partial charge in [0.05, 0.1) is 16.7 Å². The maximum absolute atomic E-state index is 12.7. The molecule has 0 bridgehead atoms. The molecular weight excluding hydrogens is 194 g/mol. The second-order valence-electron chi connectivity index (χ2n) is 3.12. The molecule has 1 aromatic heterocycles. The van der Waals surface area contributed by atoms with Crippen LogP contribution in [-0.2, 0) is 6.42 Å². The Bertz CT molecular complexity index is 280. The van der Waals surface area contributed by atoms with E-state index in [9.17, 15) is 8.78 Å². The molecular formula is C8H12F2N2S. The van der Waals surface area contributed by atoms with Crippen molar-refractivity contribution in [3.8, 4) is 0 Å². The van der Waals surface area contributed by atoms with Crippen LogP contribution in [0.4, 0.5) is 8.78 Å². The summed E-state index contributed by atoms with van der Waals surface area (Å²) in [4.78, 5) is 4.07. The van der Waals surface area contributed by atoms with Gasteiger partial charge in [0.2, 0.25) is 0 Å². The van der Waals surface area contributed by atoms with E-state index in [1.165, 1.54) is 11.3 Å². The molecule has 74 valence electrons. The Morgan fingerprint density at radius 3 is 2.69 bits per heavy atom. The first-order chi connectivity index (χ1) is 5.89. The summed E-state index contributed by atoms with van der Waals surface area (Å²) in [5.41, 5.74) is 5.96. The van der Waals surface area contributed by atoms with Crippen LogP contribution in [0.15, 0.2) is 5.38 Å². The van der Waals surface area contributed by atoms with E-state index in [0.717, 1.165) is 11.9 Å². The first-order valence-corrected chi connectivity index (χ1v) is 4.82. The van der Waals surface area contributed by atoms with Crippen LogP contribution in [0.5, 0.6) is 0 Å². The highest BCUT2D eigenvalue weighted by Gasteiger charge is 2.31. The Kier molecular flexibility index (Phi) is 2.98. The first kappa shape index (κ1) is 10.5.